The molecule has 0 unspecified atom stereocenters. The van der Waals surface area contributed by atoms with Crippen LogP contribution >= 0.6 is 0 Å². The second-order valence-electron chi connectivity index (χ2n) is 12.3. The largest absolute Gasteiger partial charge is 0.385 e. The Bertz CT molecular complexity index is 1040. The Morgan fingerprint density at radius 1 is 1.03 bits per heavy atom. The highest BCUT2D eigenvalue weighted by Crippen LogP contribution is 2.47. The molecular formula is C30H42N2O2. The van der Waals surface area contributed by atoms with Gasteiger partial charge < -0.3 is 15.0 Å². The van der Waals surface area contributed by atoms with E-state index in [0.29, 0.717) is 12.0 Å². The van der Waals surface area contributed by atoms with Crippen LogP contribution in [-0.4, -0.2) is 21.6 Å². The number of nitrogens with one attached hydrogen (secondary N) is 1. The third-order valence-corrected chi connectivity index (χ3v) is 8.57. The van der Waals surface area contributed by atoms with E-state index in [4.69, 9.17) is 0 Å². The minimum absolute atomic E-state index is 0.0176. The average molecular weight is 463 g/mol. The van der Waals surface area contributed by atoms with Gasteiger partial charge in [-0.05, 0) is 98.1 Å². The summed E-state index contributed by atoms with van der Waals surface area (Å²) >= 11 is 0. The van der Waals surface area contributed by atoms with Crippen molar-refractivity contribution < 1.29 is 9.90 Å². The van der Waals surface area contributed by atoms with Crippen LogP contribution in [0, 0.1) is 12.8 Å². The average Bonchev–Trinajstić information content (AvgIpc) is 3.45. The first kappa shape index (κ1) is 23.7. The molecule has 4 nitrogen and oxygen atoms in total. The van der Waals surface area contributed by atoms with Crippen LogP contribution in [0.3, 0.4) is 0 Å². The van der Waals surface area contributed by atoms with Crippen LogP contribution < -0.4 is 5.32 Å². The van der Waals surface area contributed by atoms with Crippen molar-refractivity contribution in [2.24, 2.45) is 5.92 Å². The first-order valence-electron chi connectivity index (χ1n) is 13.5. The summed E-state index contributed by atoms with van der Waals surface area (Å²) in [7, 11) is 0. The van der Waals surface area contributed by atoms with E-state index in [-0.39, 0.29) is 11.3 Å². The number of rotatable bonds is 6. The molecule has 3 fully saturated rings. The van der Waals surface area contributed by atoms with E-state index in [2.05, 4.69) is 61.8 Å². The Balaban J connectivity index is 1.58. The number of benzene rings is 1. The molecule has 3 aliphatic carbocycles. The van der Waals surface area contributed by atoms with Crippen molar-refractivity contribution in [3.8, 4) is 11.3 Å². The molecule has 1 aromatic heterocycles. The van der Waals surface area contributed by atoms with Gasteiger partial charge in [-0.15, -0.1) is 0 Å². The van der Waals surface area contributed by atoms with Gasteiger partial charge in [-0.1, -0.05) is 46.1 Å². The first-order valence-corrected chi connectivity index (χ1v) is 13.5. The number of carbonyl (C=O) groups is 1. The monoisotopic (exact) mass is 462 g/mol. The summed E-state index contributed by atoms with van der Waals surface area (Å²) < 4.78 is 2.41. The van der Waals surface area contributed by atoms with Crippen molar-refractivity contribution in [1.82, 2.24) is 9.88 Å². The summed E-state index contributed by atoms with van der Waals surface area (Å²) in [5.74, 6) is 0.734. The lowest BCUT2D eigenvalue weighted by molar-refractivity contribution is 0.0916. The molecule has 3 aliphatic rings. The number of aromatic nitrogens is 1. The second kappa shape index (κ2) is 8.86. The number of hydrogen-bond donors (Lipinski definition) is 2. The molecule has 2 aromatic rings. The summed E-state index contributed by atoms with van der Waals surface area (Å²) in [4.78, 5) is 13.3. The van der Waals surface area contributed by atoms with Crippen LogP contribution in [-0.2, 0) is 17.6 Å². The Morgan fingerprint density at radius 2 is 1.74 bits per heavy atom. The van der Waals surface area contributed by atoms with Crippen LogP contribution in [0.15, 0.2) is 24.3 Å². The van der Waals surface area contributed by atoms with Crippen LogP contribution in [0.2, 0.25) is 0 Å². The molecule has 0 spiro atoms. The van der Waals surface area contributed by atoms with Gasteiger partial charge in [-0.3, -0.25) is 4.79 Å². The summed E-state index contributed by atoms with van der Waals surface area (Å²) in [5, 5.41) is 14.3. The number of nitrogens with zero attached hydrogens (tertiary/aromatic N) is 1. The molecule has 4 heteroatoms. The van der Waals surface area contributed by atoms with Crippen molar-refractivity contribution >= 4 is 5.91 Å². The molecule has 1 amide bonds. The number of carbonyl (C=O) groups excluding carboxylic acids is 1. The summed E-state index contributed by atoms with van der Waals surface area (Å²) in [5.41, 5.74) is 5.70. The molecule has 0 saturated heterocycles. The minimum atomic E-state index is -0.684. The van der Waals surface area contributed by atoms with Gasteiger partial charge in [0.05, 0.1) is 11.2 Å². The standard InChI is InChI=1S/C30H42N2O2/c1-20-26(28(33)31-25-11-8-12-25)18-27(32(20)19-21-9-6-5-7-10-21)22-15-23(29(2,3)4)17-24(16-22)30(34)13-14-30/h15-18,21,25,34H,5-14,19H2,1-4H3,(H,31,33). The zero-order valence-electron chi connectivity index (χ0n) is 21.5. The maximum Gasteiger partial charge on any atom is 0.253 e. The molecule has 1 aromatic carbocycles. The van der Waals surface area contributed by atoms with Crippen molar-refractivity contribution in [2.75, 3.05) is 0 Å². The highest BCUT2D eigenvalue weighted by atomic mass is 16.3. The van der Waals surface area contributed by atoms with E-state index in [1.165, 1.54) is 44.1 Å². The van der Waals surface area contributed by atoms with E-state index in [1.54, 1.807) is 0 Å². The van der Waals surface area contributed by atoms with Crippen molar-refractivity contribution in [1.29, 1.82) is 0 Å². The summed E-state index contributed by atoms with van der Waals surface area (Å²) in [6, 6.07) is 9.12. The zero-order valence-corrected chi connectivity index (χ0v) is 21.5. The third kappa shape index (κ3) is 4.71. The molecule has 0 radical (unpaired) electrons. The number of hydrogen-bond acceptors (Lipinski definition) is 2. The lowest BCUT2D eigenvalue weighted by Gasteiger charge is -2.26. The molecule has 0 aliphatic heterocycles. The van der Waals surface area contributed by atoms with Crippen LogP contribution in [0.25, 0.3) is 11.3 Å². The smallest absolute Gasteiger partial charge is 0.253 e. The van der Waals surface area contributed by atoms with Gasteiger partial charge in [0.25, 0.3) is 5.91 Å². The molecule has 184 valence electrons. The lowest BCUT2D eigenvalue weighted by Crippen LogP contribution is -2.39. The van der Waals surface area contributed by atoms with Gasteiger partial charge in [0, 0.05) is 24.0 Å². The fraction of sp³-hybridized carbons (Fsp3) is 0.633. The second-order valence-corrected chi connectivity index (χ2v) is 12.3. The van der Waals surface area contributed by atoms with Gasteiger partial charge in [0.15, 0.2) is 0 Å². The van der Waals surface area contributed by atoms with Crippen molar-refractivity contribution in [3.05, 3.63) is 46.6 Å². The van der Waals surface area contributed by atoms with Crippen LogP contribution in [0.5, 0.6) is 0 Å². The summed E-state index contributed by atoms with van der Waals surface area (Å²) in [6.45, 7) is 9.78. The molecule has 0 atom stereocenters. The quantitative estimate of drug-likeness (QED) is 0.508. The van der Waals surface area contributed by atoms with Gasteiger partial charge in [0.1, 0.15) is 0 Å². The van der Waals surface area contributed by atoms with Gasteiger partial charge in [-0.25, -0.2) is 0 Å². The Hall–Kier alpha value is -2.07. The number of amides is 1. The van der Waals surface area contributed by atoms with Gasteiger partial charge in [0.2, 0.25) is 0 Å². The third-order valence-electron chi connectivity index (χ3n) is 8.57. The molecule has 2 N–H and O–H groups in total. The van der Waals surface area contributed by atoms with Crippen LogP contribution in [0.4, 0.5) is 0 Å². The molecule has 3 saturated carbocycles. The van der Waals surface area contributed by atoms with Crippen molar-refractivity contribution in [3.63, 3.8) is 0 Å². The van der Waals surface area contributed by atoms with E-state index in [9.17, 15) is 9.90 Å². The molecule has 5 rings (SSSR count). The maximum absolute atomic E-state index is 13.3. The van der Waals surface area contributed by atoms with E-state index in [1.807, 2.05) is 0 Å². The fourth-order valence-corrected chi connectivity index (χ4v) is 5.68. The molecular weight excluding hydrogens is 420 g/mol. The minimum Gasteiger partial charge on any atom is -0.385 e. The molecule has 1 heterocycles. The SMILES string of the molecule is Cc1c(C(=O)NC2CCC2)cc(-c2cc(C(C)(C)C)cc(C3(O)CC3)c2)n1CC1CCCCC1. The lowest BCUT2D eigenvalue weighted by atomic mass is 9.83. The maximum atomic E-state index is 13.3. The Kier molecular flexibility index (Phi) is 6.16. The zero-order chi connectivity index (χ0) is 24.1. The summed E-state index contributed by atoms with van der Waals surface area (Å²) in [6.07, 6.45) is 11.6. The fourth-order valence-electron chi connectivity index (χ4n) is 5.68. The van der Waals surface area contributed by atoms with Crippen LogP contribution in [0.1, 0.15) is 112 Å². The molecule has 34 heavy (non-hydrogen) atoms. The highest BCUT2D eigenvalue weighted by Gasteiger charge is 2.43. The van der Waals surface area contributed by atoms with E-state index >= 15 is 0 Å². The van der Waals surface area contributed by atoms with Crippen molar-refractivity contribution in [2.45, 2.75) is 116 Å². The van der Waals surface area contributed by atoms with E-state index in [0.717, 1.165) is 60.3 Å². The van der Waals surface area contributed by atoms with Gasteiger partial charge >= 0.3 is 0 Å². The Morgan fingerprint density at radius 3 is 2.32 bits per heavy atom. The van der Waals surface area contributed by atoms with E-state index < -0.39 is 5.60 Å². The predicted molar refractivity (Wildman–Crippen MR) is 138 cm³/mol. The molecule has 0 bridgehead atoms. The normalized spacial score (nSPS) is 20.7. The predicted octanol–water partition coefficient (Wildman–Crippen LogP) is 6.61. The first-order chi connectivity index (χ1) is 16.1. The highest BCUT2D eigenvalue weighted by molar-refractivity contribution is 5.97. The topological polar surface area (TPSA) is 54.3 Å². The number of aliphatic hydroxyl groups is 1. The Labute approximate surface area is 205 Å². The van der Waals surface area contributed by atoms with Gasteiger partial charge in [-0.2, -0.15) is 0 Å².